The van der Waals surface area contributed by atoms with E-state index in [2.05, 4.69) is 53.5 Å². The van der Waals surface area contributed by atoms with Gasteiger partial charge in [-0.25, -0.2) is 0 Å². The number of aliphatic hydroxyl groups excluding tert-OH is 1. The molecule has 1 aromatic rings. The summed E-state index contributed by atoms with van der Waals surface area (Å²) in [5.74, 6) is 0. The minimum Gasteiger partial charge on any atom is -0.384 e. The minimum atomic E-state index is -0.522. The van der Waals surface area contributed by atoms with E-state index in [1.807, 2.05) is 37.3 Å². The van der Waals surface area contributed by atoms with E-state index in [1.54, 1.807) is 0 Å². The molecule has 23 heavy (non-hydrogen) atoms. The second-order valence-corrected chi connectivity index (χ2v) is 6.92. The molecule has 0 heterocycles. The fourth-order valence-corrected chi connectivity index (χ4v) is 2.52. The van der Waals surface area contributed by atoms with E-state index in [9.17, 15) is 5.11 Å². The molecular formula is C20H28BrNO. The Morgan fingerprint density at radius 3 is 2.48 bits per heavy atom. The molecule has 3 heteroatoms. The molecule has 0 unspecified atom stereocenters. The van der Waals surface area contributed by atoms with Gasteiger partial charge >= 0.3 is 0 Å². The van der Waals surface area contributed by atoms with Crippen LogP contribution in [0.15, 0.2) is 64.7 Å². The van der Waals surface area contributed by atoms with Crippen molar-refractivity contribution in [3.8, 4) is 0 Å². The predicted octanol–water partition coefficient (Wildman–Crippen LogP) is 5.27. The molecule has 0 aromatic heterocycles. The second-order valence-electron chi connectivity index (χ2n) is 6.00. The first-order chi connectivity index (χ1) is 10.9. The van der Waals surface area contributed by atoms with Gasteiger partial charge in [-0.15, -0.1) is 6.58 Å². The first kappa shape index (κ1) is 19.9. The van der Waals surface area contributed by atoms with Gasteiger partial charge in [0.25, 0.3) is 0 Å². The molecule has 0 saturated heterocycles. The zero-order valence-electron chi connectivity index (χ0n) is 14.4. The number of benzene rings is 1. The molecule has 2 nitrogen and oxygen atoms in total. The predicted molar refractivity (Wildman–Crippen MR) is 104 cm³/mol. The highest BCUT2D eigenvalue weighted by molar-refractivity contribution is 9.10. The smallest absolute Gasteiger partial charge is 0.0998 e. The van der Waals surface area contributed by atoms with E-state index in [-0.39, 0.29) is 0 Å². The maximum atomic E-state index is 10.4. The third-order valence-electron chi connectivity index (χ3n) is 3.81. The Morgan fingerprint density at radius 2 is 1.87 bits per heavy atom. The van der Waals surface area contributed by atoms with Crippen molar-refractivity contribution in [3.63, 3.8) is 0 Å². The third kappa shape index (κ3) is 7.78. The Kier molecular flexibility index (Phi) is 9.15. The fourth-order valence-electron chi connectivity index (χ4n) is 2.26. The molecule has 0 aliphatic rings. The zero-order chi connectivity index (χ0) is 17.2. The molecule has 0 aliphatic heterocycles. The molecule has 0 amide bonds. The molecular weight excluding hydrogens is 350 g/mol. The first-order valence-corrected chi connectivity index (χ1v) is 8.78. The van der Waals surface area contributed by atoms with Crippen molar-refractivity contribution in [1.82, 2.24) is 4.90 Å². The van der Waals surface area contributed by atoms with Crippen LogP contribution in [0.3, 0.4) is 0 Å². The number of halogens is 1. The lowest BCUT2D eigenvalue weighted by Gasteiger charge is -2.13. The first-order valence-electron chi connectivity index (χ1n) is 7.99. The topological polar surface area (TPSA) is 23.5 Å². The summed E-state index contributed by atoms with van der Waals surface area (Å²) in [5.41, 5.74) is 3.31. The molecule has 1 N–H and O–H groups in total. The van der Waals surface area contributed by atoms with E-state index in [1.165, 1.54) is 5.57 Å². The van der Waals surface area contributed by atoms with Crippen LogP contribution in [0.5, 0.6) is 0 Å². The Bertz CT molecular complexity index is 545. The van der Waals surface area contributed by atoms with E-state index in [0.29, 0.717) is 0 Å². The van der Waals surface area contributed by atoms with Crippen molar-refractivity contribution in [2.45, 2.75) is 32.8 Å². The maximum Gasteiger partial charge on any atom is 0.0998 e. The van der Waals surface area contributed by atoms with Crippen molar-refractivity contribution in [3.05, 3.63) is 70.3 Å². The van der Waals surface area contributed by atoms with Crippen molar-refractivity contribution in [2.75, 3.05) is 20.1 Å². The summed E-state index contributed by atoms with van der Waals surface area (Å²) in [5, 5.41) is 10.4. The standard InChI is InChI=1S/C20H28BrNO/c1-5-14-22(4)15-13-16(2)7-6-8-17(3)20(23)18-9-11-19(21)12-10-18/h5,8-13,20,23H,1,6-7,14-15H2,2-4H3/b16-13+,17-8+/t20-/m0/s1. The van der Waals surface area contributed by atoms with Crippen molar-refractivity contribution in [2.24, 2.45) is 0 Å². The Hall–Kier alpha value is -1.16. The molecule has 0 fully saturated rings. The highest BCUT2D eigenvalue weighted by atomic mass is 79.9. The van der Waals surface area contributed by atoms with Crippen molar-refractivity contribution in [1.29, 1.82) is 0 Å². The number of likely N-dealkylation sites (N-methyl/N-ethyl adjacent to an activating group) is 1. The minimum absolute atomic E-state index is 0.522. The van der Waals surface area contributed by atoms with Gasteiger partial charge in [0.15, 0.2) is 0 Å². The molecule has 0 spiro atoms. The van der Waals surface area contributed by atoms with E-state index < -0.39 is 6.10 Å². The van der Waals surface area contributed by atoms with Crippen LogP contribution in [0.4, 0.5) is 0 Å². The number of hydrogen-bond donors (Lipinski definition) is 1. The van der Waals surface area contributed by atoms with Gasteiger partial charge in [0.1, 0.15) is 0 Å². The lowest BCUT2D eigenvalue weighted by molar-refractivity contribution is 0.215. The highest BCUT2D eigenvalue weighted by Gasteiger charge is 2.08. The normalized spacial score (nSPS) is 14.2. The number of rotatable bonds is 9. The van der Waals surface area contributed by atoms with Gasteiger partial charge in [0.05, 0.1) is 6.10 Å². The van der Waals surface area contributed by atoms with Crippen molar-refractivity contribution >= 4 is 15.9 Å². The lowest BCUT2D eigenvalue weighted by Crippen LogP contribution is -2.18. The molecule has 0 bridgehead atoms. The van der Waals surface area contributed by atoms with Crippen LogP contribution in [0, 0.1) is 0 Å². The van der Waals surface area contributed by atoms with Crippen LogP contribution in [0.25, 0.3) is 0 Å². The SMILES string of the molecule is C=CCN(C)C/C=C(\C)CC/C=C(\C)[C@H](O)c1ccc(Br)cc1. The maximum absolute atomic E-state index is 10.4. The van der Waals surface area contributed by atoms with Gasteiger partial charge < -0.3 is 5.11 Å². The molecule has 1 atom stereocenters. The molecule has 1 rings (SSSR count). The number of allylic oxidation sites excluding steroid dienone is 2. The summed E-state index contributed by atoms with van der Waals surface area (Å²) < 4.78 is 1.03. The molecule has 126 valence electrons. The fraction of sp³-hybridized carbons (Fsp3) is 0.400. The van der Waals surface area contributed by atoms with Gasteiger partial charge in [-0.2, -0.15) is 0 Å². The van der Waals surface area contributed by atoms with Crippen LogP contribution in [-0.4, -0.2) is 30.1 Å². The quantitative estimate of drug-likeness (QED) is 0.592. The Morgan fingerprint density at radius 1 is 1.22 bits per heavy atom. The summed E-state index contributed by atoms with van der Waals surface area (Å²) in [6.07, 6.45) is 7.76. The van der Waals surface area contributed by atoms with Gasteiger partial charge in [-0.3, -0.25) is 4.90 Å². The van der Waals surface area contributed by atoms with Gasteiger partial charge in [0.2, 0.25) is 0 Å². The highest BCUT2D eigenvalue weighted by Crippen LogP contribution is 2.23. The third-order valence-corrected chi connectivity index (χ3v) is 4.34. The average molecular weight is 378 g/mol. The van der Waals surface area contributed by atoms with Gasteiger partial charge in [0, 0.05) is 17.6 Å². The van der Waals surface area contributed by atoms with Crippen LogP contribution >= 0.6 is 15.9 Å². The summed E-state index contributed by atoms with van der Waals surface area (Å²) in [6.45, 7) is 9.75. The Balaban J connectivity index is 2.48. The number of nitrogens with zero attached hydrogens (tertiary/aromatic N) is 1. The summed E-state index contributed by atoms with van der Waals surface area (Å²) >= 11 is 3.41. The van der Waals surface area contributed by atoms with Crippen LogP contribution in [-0.2, 0) is 0 Å². The van der Waals surface area contributed by atoms with Crippen LogP contribution in [0.2, 0.25) is 0 Å². The molecule has 1 aromatic carbocycles. The van der Waals surface area contributed by atoms with E-state index >= 15 is 0 Å². The zero-order valence-corrected chi connectivity index (χ0v) is 16.0. The van der Waals surface area contributed by atoms with E-state index in [0.717, 1.165) is 41.5 Å². The average Bonchev–Trinajstić information content (AvgIpc) is 2.53. The summed E-state index contributed by atoms with van der Waals surface area (Å²) in [4.78, 5) is 2.22. The number of hydrogen-bond acceptors (Lipinski definition) is 2. The summed E-state index contributed by atoms with van der Waals surface area (Å²) in [7, 11) is 2.09. The van der Waals surface area contributed by atoms with Crippen LogP contribution in [0.1, 0.15) is 38.4 Å². The van der Waals surface area contributed by atoms with Gasteiger partial charge in [-0.1, -0.05) is 51.9 Å². The van der Waals surface area contributed by atoms with E-state index in [4.69, 9.17) is 0 Å². The van der Waals surface area contributed by atoms with Gasteiger partial charge in [-0.05, 0) is 57.0 Å². The Labute approximate surface area is 149 Å². The molecule has 0 saturated carbocycles. The largest absolute Gasteiger partial charge is 0.384 e. The molecule has 0 radical (unpaired) electrons. The molecule has 0 aliphatic carbocycles. The summed E-state index contributed by atoms with van der Waals surface area (Å²) in [6, 6.07) is 7.82. The van der Waals surface area contributed by atoms with Crippen molar-refractivity contribution < 1.29 is 5.11 Å². The monoisotopic (exact) mass is 377 g/mol. The second kappa shape index (κ2) is 10.6. The van der Waals surface area contributed by atoms with Crippen LogP contribution < -0.4 is 0 Å². The number of aliphatic hydroxyl groups is 1. The lowest BCUT2D eigenvalue weighted by atomic mass is 10.0.